The standard InChI is InChI=1S/C25H30IN3O7/c1-6-35-21(30)14-36-23-19(26)11-16(12-20(23)34-5)13-27-29-25(32)22(15(2)3)24(31)28-17-7-9-18(33-4)10-8-17/h7-13,15,22H,6,14H2,1-5H3,(H,28,31)(H,29,32). The fourth-order valence-corrected chi connectivity index (χ4v) is 3.93. The summed E-state index contributed by atoms with van der Waals surface area (Å²) in [4.78, 5) is 37.1. The normalized spacial score (nSPS) is 11.6. The van der Waals surface area contributed by atoms with E-state index < -0.39 is 23.7 Å². The molecule has 0 radical (unpaired) electrons. The molecule has 1 atom stereocenters. The average molecular weight is 611 g/mol. The topological polar surface area (TPSA) is 125 Å². The molecule has 0 aliphatic carbocycles. The zero-order valence-corrected chi connectivity index (χ0v) is 23.0. The van der Waals surface area contributed by atoms with Gasteiger partial charge in [0.15, 0.2) is 18.1 Å². The van der Waals surface area contributed by atoms with Gasteiger partial charge in [-0.05, 0) is 77.4 Å². The van der Waals surface area contributed by atoms with Gasteiger partial charge < -0.3 is 24.3 Å². The van der Waals surface area contributed by atoms with E-state index in [1.165, 1.54) is 13.3 Å². The van der Waals surface area contributed by atoms with Crippen LogP contribution in [0.1, 0.15) is 26.3 Å². The van der Waals surface area contributed by atoms with Crippen molar-refractivity contribution in [1.82, 2.24) is 5.43 Å². The second kappa shape index (κ2) is 14.3. The van der Waals surface area contributed by atoms with E-state index in [0.29, 0.717) is 32.1 Å². The number of anilines is 1. The van der Waals surface area contributed by atoms with Crippen LogP contribution in [0.2, 0.25) is 0 Å². The Balaban J connectivity index is 2.07. The molecule has 0 heterocycles. The molecule has 11 heteroatoms. The van der Waals surface area contributed by atoms with Crippen LogP contribution in [-0.2, 0) is 19.1 Å². The highest BCUT2D eigenvalue weighted by Gasteiger charge is 2.30. The van der Waals surface area contributed by atoms with Gasteiger partial charge in [-0.3, -0.25) is 9.59 Å². The molecule has 0 fully saturated rings. The number of rotatable bonds is 12. The van der Waals surface area contributed by atoms with E-state index in [1.807, 2.05) is 22.6 Å². The second-order valence-electron chi connectivity index (χ2n) is 7.80. The van der Waals surface area contributed by atoms with Crippen LogP contribution in [0, 0.1) is 15.4 Å². The molecule has 0 saturated heterocycles. The maximum absolute atomic E-state index is 12.8. The van der Waals surface area contributed by atoms with Crippen LogP contribution in [0.4, 0.5) is 5.69 Å². The van der Waals surface area contributed by atoms with E-state index in [0.717, 1.165) is 0 Å². The summed E-state index contributed by atoms with van der Waals surface area (Å²) in [7, 11) is 3.03. The zero-order valence-electron chi connectivity index (χ0n) is 20.8. The number of ether oxygens (including phenoxy) is 4. The van der Waals surface area contributed by atoms with Gasteiger partial charge in [0.2, 0.25) is 5.91 Å². The van der Waals surface area contributed by atoms with Gasteiger partial charge in [-0.2, -0.15) is 5.10 Å². The molecular formula is C25H30IN3O7. The molecule has 0 aliphatic rings. The molecular weight excluding hydrogens is 581 g/mol. The van der Waals surface area contributed by atoms with Crippen molar-refractivity contribution >= 4 is 52.3 Å². The Morgan fingerprint density at radius 2 is 1.75 bits per heavy atom. The van der Waals surface area contributed by atoms with Gasteiger partial charge in [-0.15, -0.1) is 0 Å². The number of nitrogens with one attached hydrogen (secondary N) is 2. The predicted octanol–water partition coefficient (Wildman–Crippen LogP) is 3.61. The lowest BCUT2D eigenvalue weighted by atomic mass is 9.94. The number of halogens is 1. The lowest BCUT2D eigenvalue weighted by Crippen LogP contribution is -2.39. The minimum absolute atomic E-state index is 0.251. The highest BCUT2D eigenvalue weighted by Crippen LogP contribution is 2.33. The highest BCUT2D eigenvalue weighted by molar-refractivity contribution is 14.1. The number of benzene rings is 2. The van der Waals surface area contributed by atoms with Crippen LogP contribution in [0.25, 0.3) is 0 Å². The molecule has 0 bridgehead atoms. The number of carbonyl (C=O) groups excluding carboxylic acids is 3. The molecule has 36 heavy (non-hydrogen) atoms. The summed E-state index contributed by atoms with van der Waals surface area (Å²) in [5, 5.41) is 6.76. The summed E-state index contributed by atoms with van der Waals surface area (Å²) in [6.07, 6.45) is 1.43. The Morgan fingerprint density at radius 3 is 2.33 bits per heavy atom. The fraction of sp³-hybridized carbons (Fsp3) is 0.360. The summed E-state index contributed by atoms with van der Waals surface area (Å²) in [6.45, 7) is 5.29. The molecule has 2 aromatic carbocycles. The van der Waals surface area contributed by atoms with Crippen molar-refractivity contribution < 1.29 is 33.3 Å². The van der Waals surface area contributed by atoms with Gasteiger partial charge >= 0.3 is 5.97 Å². The molecule has 2 N–H and O–H groups in total. The number of methoxy groups -OCH3 is 2. The number of hydrogen-bond donors (Lipinski definition) is 2. The van der Waals surface area contributed by atoms with E-state index in [9.17, 15) is 14.4 Å². The smallest absolute Gasteiger partial charge is 0.344 e. The number of hydrazone groups is 1. The van der Waals surface area contributed by atoms with Crippen molar-refractivity contribution in [3.63, 3.8) is 0 Å². The summed E-state index contributed by atoms with van der Waals surface area (Å²) in [6, 6.07) is 10.2. The predicted molar refractivity (Wildman–Crippen MR) is 144 cm³/mol. The van der Waals surface area contributed by atoms with Crippen LogP contribution in [0.5, 0.6) is 17.2 Å². The Bertz CT molecular complexity index is 1090. The van der Waals surface area contributed by atoms with Crippen LogP contribution in [0.15, 0.2) is 41.5 Å². The summed E-state index contributed by atoms with van der Waals surface area (Å²) in [5.74, 6) is -1.26. The molecule has 10 nitrogen and oxygen atoms in total. The number of carbonyl (C=O) groups is 3. The SMILES string of the molecule is CCOC(=O)COc1c(I)cc(C=NNC(=O)C(C(=O)Nc2ccc(OC)cc2)C(C)C)cc1OC. The third-order valence-electron chi connectivity index (χ3n) is 4.87. The molecule has 0 saturated carbocycles. The van der Waals surface area contributed by atoms with E-state index in [-0.39, 0.29) is 19.1 Å². The number of amides is 2. The van der Waals surface area contributed by atoms with Crippen molar-refractivity contribution in [1.29, 1.82) is 0 Å². The maximum Gasteiger partial charge on any atom is 0.344 e. The van der Waals surface area contributed by atoms with Gasteiger partial charge in [0.1, 0.15) is 11.7 Å². The first-order valence-electron chi connectivity index (χ1n) is 11.1. The number of hydrogen-bond acceptors (Lipinski definition) is 8. The van der Waals surface area contributed by atoms with Crippen LogP contribution >= 0.6 is 22.6 Å². The quantitative estimate of drug-likeness (QED) is 0.124. The first kappa shape index (κ1) is 28.9. The summed E-state index contributed by atoms with van der Waals surface area (Å²) in [5.41, 5.74) is 3.60. The Labute approximate surface area is 223 Å². The van der Waals surface area contributed by atoms with Gasteiger partial charge in [-0.25, -0.2) is 10.2 Å². The van der Waals surface area contributed by atoms with Gasteiger partial charge in [-0.1, -0.05) is 13.8 Å². The lowest BCUT2D eigenvalue weighted by molar-refractivity contribution is -0.145. The third kappa shape index (κ3) is 8.40. The molecule has 2 aromatic rings. The highest BCUT2D eigenvalue weighted by atomic mass is 127. The summed E-state index contributed by atoms with van der Waals surface area (Å²) < 4.78 is 21.6. The van der Waals surface area contributed by atoms with E-state index in [2.05, 4.69) is 15.8 Å². The first-order valence-corrected chi connectivity index (χ1v) is 12.2. The number of nitrogens with zero attached hydrogens (tertiary/aromatic N) is 1. The molecule has 0 aromatic heterocycles. The van der Waals surface area contributed by atoms with E-state index >= 15 is 0 Å². The fourth-order valence-electron chi connectivity index (χ4n) is 3.15. The Morgan fingerprint density at radius 1 is 1.06 bits per heavy atom. The molecule has 2 rings (SSSR count). The van der Waals surface area contributed by atoms with Crippen molar-refractivity contribution in [2.75, 3.05) is 32.8 Å². The largest absolute Gasteiger partial charge is 0.497 e. The van der Waals surface area contributed by atoms with Gasteiger partial charge in [0.05, 0.1) is 30.6 Å². The molecule has 2 amide bonds. The van der Waals surface area contributed by atoms with Crippen LogP contribution in [0.3, 0.4) is 0 Å². The van der Waals surface area contributed by atoms with Crippen LogP contribution in [-0.4, -0.2) is 51.4 Å². The Kier molecular flexibility index (Phi) is 11.4. The van der Waals surface area contributed by atoms with E-state index in [4.69, 9.17) is 18.9 Å². The molecule has 0 aliphatic heterocycles. The third-order valence-corrected chi connectivity index (χ3v) is 5.67. The van der Waals surface area contributed by atoms with Crippen molar-refractivity contribution in [3.8, 4) is 17.2 Å². The molecule has 0 spiro atoms. The lowest BCUT2D eigenvalue weighted by Gasteiger charge is -2.18. The van der Waals surface area contributed by atoms with Crippen molar-refractivity contribution in [3.05, 3.63) is 45.5 Å². The monoisotopic (exact) mass is 611 g/mol. The van der Waals surface area contributed by atoms with Crippen molar-refractivity contribution in [2.24, 2.45) is 16.9 Å². The minimum atomic E-state index is -0.961. The van der Waals surface area contributed by atoms with Crippen LogP contribution < -0.4 is 25.0 Å². The first-order chi connectivity index (χ1) is 17.2. The molecule has 194 valence electrons. The van der Waals surface area contributed by atoms with Crippen molar-refractivity contribution in [2.45, 2.75) is 20.8 Å². The van der Waals surface area contributed by atoms with Gasteiger partial charge in [0.25, 0.3) is 5.91 Å². The maximum atomic E-state index is 12.8. The Hall–Kier alpha value is -3.35. The number of esters is 1. The zero-order chi connectivity index (χ0) is 26.7. The average Bonchev–Trinajstić information content (AvgIpc) is 2.83. The summed E-state index contributed by atoms with van der Waals surface area (Å²) >= 11 is 2.04. The second-order valence-corrected chi connectivity index (χ2v) is 8.96. The van der Waals surface area contributed by atoms with Gasteiger partial charge in [0, 0.05) is 5.69 Å². The molecule has 1 unspecified atom stereocenters. The minimum Gasteiger partial charge on any atom is -0.497 e. The van der Waals surface area contributed by atoms with E-state index in [1.54, 1.807) is 64.3 Å².